The Kier molecular flexibility index (Phi) is 7.50. The van der Waals surface area contributed by atoms with Crippen molar-refractivity contribution in [3.05, 3.63) is 59.7 Å². The normalized spacial score (nSPS) is 15.2. The zero-order valence-electron chi connectivity index (χ0n) is 17.6. The van der Waals surface area contributed by atoms with Crippen molar-refractivity contribution in [2.24, 2.45) is 0 Å². The molecule has 0 aliphatic heterocycles. The lowest BCUT2D eigenvalue weighted by Crippen LogP contribution is -2.33. The monoisotopic (exact) mass is 430 g/mol. The molecule has 2 aromatic carbocycles. The van der Waals surface area contributed by atoms with E-state index in [-0.39, 0.29) is 11.5 Å². The van der Waals surface area contributed by atoms with Crippen LogP contribution in [0.4, 0.5) is 5.69 Å². The maximum atomic E-state index is 12.9. The van der Waals surface area contributed by atoms with Crippen LogP contribution < -0.4 is 4.72 Å². The quantitative estimate of drug-likeness (QED) is 0.627. The van der Waals surface area contributed by atoms with E-state index in [1.807, 2.05) is 18.2 Å². The second-order valence-electron chi connectivity index (χ2n) is 7.71. The number of hydrogen-bond donors (Lipinski definition) is 1. The molecule has 0 spiro atoms. The molecule has 7 heteroatoms. The van der Waals surface area contributed by atoms with Crippen LogP contribution in [-0.2, 0) is 21.3 Å². The smallest absolute Gasteiger partial charge is 0.338 e. The summed E-state index contributed by atoms with van der Waals surface area (Å²) in [6.45, 7) is 2.68. The van der Waals surface area contributed by atoms with Gasteiger partial charge in [0.2, 0.25) is 0 Å². The van der Waals surface area contributed by atoms with Gasteiger partial charge in [-0.1, -0.05) is 37.5 Å². The van der Waals surface area contributed by atoms with Crippen molar-refractivity contribution in [3.63, 3.8) is 0 Å². The molecule has 0 unspecified atom stereocenters. The molecule has 1 saturated carbocycles. The first kappa shape index (κ1) is 22.3. The summed E-state index contributed by atoms with van der Waals surface area (Å²) in [5.41, 5.74) is 1.84. The number of hydrogen-bond acceptors (Lipinski definition) is 5. The van der Waals surface area contributed by atoms with Crippen molar-refractivity contribution >= 4 is 21.7 Å². The Hall–Kier alpha value is -2.38. The van der Waals surface area contributed by atoms with Crippen molar-refractivity contribution in [3.8, 4) is 0 Å². The fourth-order valence-corrected chi connectivity index (χ4v) is 4.97. The van der Waals surface area contributed by atoms with Crippen molar-refractivity contribution in [2.75, 3.05) is 18.4 Å². The lowest BCUT2D eigenvalue weighted by atomic mass is 9.94. The largest absolute Gasteiger partial charge is 0.462 e. The van der Waals surface area contributed by atoms with Crippen LogP contribution in [0.25, 0.3) is 0 Å². The molecular weight excluding hydrogens is 400 g/mol. The molecule has 0 radical (unpaired) electrons. The number of nitrogens with one attached hydrogen (secondary N) is 1. The first-order chi connectivity index (χ1) is 14.4. The van der Waals surface area contributed by atoms with Crippen LogP contribution >= 0.6 is 0 Å². The SMILES string of the molecule is CCOC(=O)c1ccc(S(=O)(=O)Nc2ccccc2CN(C)C2CCCCC2)cc1. The molecule has 2 aromatic rings. The maximum absolute atomic E-state index is 12.9. The summed E-state index contributed by atoms with van der Waals surface area (Å²) in [6.07, 6.45) is 6.19. The molecule has 0 saturated heterocycles. The molecule has 3 rings (SSSR count). The van der Waals surface area contributed by atoms with Gasteiger partial charge in [0.15, 0.2) is 0 Å². The Morgan fingerprint density at radius 3 is 2.40 bits per heavy atom. The molecule has 0 aromatic heterocycles. The van der Waals surface area contributed by atoms with Crippen molar-refractivity contribution in [1.29, 1.82) is 0 Å². The fourth-order valence-electron chi connectivity index (χ4n) is 3.87. The fraction of sp³-hybridized carbons (Fsp3) is 0.435. The van der Waals surface area contributed by atoms with Gasteiger partial charge in [0.05, 0.1) is 22.8 Å². The number of nitrogens with zero attached hydrogens (tertiary/aromatic N) is 1. The predicted octanol–water partition coefficient (Wildman–Crippen LogP) is 4.43. The minimum absolute atomic E-state index is 0.103. The molecule has 1 aliphatic carbocycles. The molecule has 1 aliphatic rings. The number of rotatable bonds is 8. The second-order valence-corrected chi connectivity index (χ2v) is 9.40. The number of sulfonamides is 1. The van der Waals surface area contributed by atoms with E-state index in [1.165, 1.54) is 56.4 Å². The molecule has 1 fully saturated rings. The van der Waals surface area contributed by atoms with Crippen LogP contribution in [-0.4, -0.2) is 39.0 Å². The van der Waals surface area contributed by atoms with Crippen molar-refractivity contribution in [2.45, 2.75) is 56.5 Å². The standard InChI is InChI=1S/C23H30N2O4S/c1-3-29-23(26)18-13-15-21(16-14-18)30(27,28)24-22-12-8-7-9-19(22)17-25(2)20-10-5-4-6-11-20/h7-9,12-16,20,24H,3-6,10-11,17H2,1-2H3. The Morgan fingerprint density at radius 1 is 1.07 bits per heavy atom. The number of carbonyl (C=O) groups excluding carboxylic acids is 1. The van der Waals surface area contributed by atoms with Crippen LogP contribution in [0.3, 0.4) is 0 Å². The van der Waals surface area contributed by atoms with Gasteiger partial charge in [-0.25, -0.2) is 13.2 Å². The highest BCUT2D eigenvalue weighted by molar-refractivity contribution is 7.92. The summed E-state index contributed by atoms with van der Waals surface area (Å²) >= 11 is 0. The summed E-state index contributed by atoms with van der Waals surface area (Å²) in [6, 6.07) is 13.8. The lowest BCUT2D eigenvalue weighted by Gasteiger charge is -2.31. The van der Waals surface area contributed by atoms with Gasteiger partial charge < -0.3 is 4.74 Å². The van der Waals surface area contributed by atoms with Gasteiger partial charge in [-0.2, -0.15) is 0 Å². The van der Waals surface area contributed by atoms with Crippen molar-refractivity contribution < 1.29 is 17.9 Å². The molecule has 30 heavy (non-hydrogen) atoms. The maximum Gasteiger partial charge on any atom is 0.338 e. The summed E-state index contributed by atoms with van der Waals surface area (Å²) in [7, 11) is -1.67. The van der Waals surface area contributed by atoms with E-state index in [2.05, 4.69) is 16.7 Å². The summed E-state index contributed by atoms with van der Waals surface area (Å²) < 4.78 is 33.5. The van der Waals surface area contributed by atoms with Gasteiger partial charge >= 0.3 is 5.97 Å². The second kappa shape index (κ2) is 10.1. The number of esters is 1. The van der Waals surface area contributed by atoms with E-state index < -0.39 is 16.0 Å². The van der Waals surface area contributed by atoms with E-state index in [4.69, 9.17) is 4.74 Å². The highest BCUT2D eigenvalue weighted by Crippen LogP contribution is 2.26. The minimum Gasteiger partial charge on any atom is -0.462 e. The number of anilines is 1. The lowest BCUT2D eigenvalue weighted by molar-refractivity contribution is 0.0526. The van der Waals surface area contributed by atoms with E-state index in [0.717, 1.165) is 5.56 Å². The van der Waals surface area contributed by atoms with Crippen LogP contribution in [0.1, 0.15) is 54.9 Å². The first-order valence-corrected chi connectivity index (χ1v) is 12.0. The highest BCUT2D eigenvalue weighted by atomic mass is 32.2. The first-order valence-electron chi connectivity index (χ1n) is 10.5. The molecule has 6 nitrogen and oxygen atoms in total. The van der Waals surface area contributed by atoms with E-state index in [0.29, 0.717) is 23.8 Å². The Balaban J connectivity index is 1.74. The predicted molar refractivity (Wildman–Crippen MR) is 118 cm³/mol. The van der Waals surface area contributed by atoms with Gasteiger partial charge in [0.25, 0.3) is 10.0 Å². The molecule has 1 N–H and O–H groups in total. The molecular formula is C23H30N2O4S. The molecule has 0 heterocycles. The van der Waals surface area contributed by atoms with Crippen LogP contribution in [0.5, 0.6) is 0 Å². The topological polar surface area (TPSA) is 75.7 Å². The van der Waals surface area contributed by atoms with E-state index in [1.54, 1.807) is 13.0 Å². The van der Waals surface area contributed by atoms with Gasteiger partial charge in [-0.3, -0.25) is 9.62 Å². The summed E-state index contributed by atoms with van der Waals surface area (Å²) in [5.74, 6) is -0.467. The van der Waals surface area contributed by atoms with Crippen LogP contribution in [0, 0.1) is 0 Å². The van der Waals surface area contributed by atoms with E-state index in [9.17, 15) is 13.2 Å². The van der Waals surface area contributed by atoms with Crippen LogP contribution in [0.2, 0.25) is 0 Å². The third kappa shape index (κ3) is 5.61. The molecule has 0 amide bonds. The highest BCUT2D eigenvalue weighted by Gasteiger charge is 2.21. The Bertz CT molecular complexity index is 951. The summed E-state index contributed by atoms with van der Waals surface area (Å²) in [5, 5.41) is 0. The number of carbonyl (C=O) groups is 1. The Morgan fingerprint density at radius 2 is 1.73 bits per heavy atom. The van der Waals surface area contributed by atoms with Crippen LogP contribution in [0.15, 0.2) is 53.4 Å². The van der Waals surface area contributed by atoms with Gasteiger partial charge in [-0.05, 0) is 62.7 Å². The average Bonchev–Trinajstić information content (AvgIpc) is 2.76. The van der Waals surface area contributed by atoms with Gasteiger partial charge in [0, 0.05) is 12.6 Å². The third-order valence-corrected chi connectivity index (χ3v) is 6.94. The zero-order chi connectivity index (χ0) is 21.6. The van der Waals surface area contributed by atoms with Gasteiger partial charge in [-0.15, -0.1) is 0 Å². The Labute approximate surface area is 179 Å². The van der Waals surface area contributed by atoms with E-state index >= 15 is 0 Å². The number of para-hydroxylation sites is 1. The summed E-state index contributed by atoms with van der Waals surface area (Å²) in [4.78, 5) is 14.2. The molecule has 0 bridgehead atoms. The van der Waals surface area contributed by atoms with Gasteiger partial charge in [0.1, 0.15) is 0 Å². The van der Waals surface area contributed by atoms with Crippen molar-refractivity contribution in [1.82, 2.24) is 4.90 Å². The zero-order valence-corrected chi connectivity index (χ0v) is 18.5. The average molecular weight is 431 g/mol. The number of ether oxygens (including phenoxy) is 1. The minimum atomic E-state index is -3.77. The molecule has 0 atom stereocenters. The number of benzene rings is 2. The third-order valence-electron chi connectivity index (χ3n) is 5.56. The molecule has 162 valence electrons.